The molecule has 0 aliphatic carbocycles. The van der Waals surface area contributed by atoms with Gasteiger partial charge in [-0.15, -0.1) is 0 Å². The first kappa shape index (κ1) is 31.5. The van der Waals surface area contributed by atoms with Crippen molar-refractivity contribution in [3.05, 3.63) is 59.7 Å². The monoisotopic (exact) mass is 668 g/mol. The van der Waals surface area contributed by atoms with Gasteiger partial charge in [0.25, 0.3) is 0 Å². The van der Waals surface area contributed by atoms with E-state index in [1.165, 1.54) is 0 Å². The van der Waals surface area contributed by atoms with Crippen LogP contribution < -0.4 is 9.44 Å². The van der Waals surface area contributed by atoms with Crippen molar-refractivity contribution in [3.8, 4) is 0 Å². The average molecular weight is 667 g/mol. The third-order valence-electron chi connectivity index (χ3n) is 6.05. The number of benzene rings is 2. The molecule has 0 aromatic heterocycles. The van der Waals surface area contributed by atoms with Crippen LogP contribution in [0.3, 0.4) is 0 Å². The van der Waals surface area contributed by atoms with Gasteiger partial charge in [-0.2, -0.15) is 0 Å². The van der Waals surface area contributed by atoms with Gasteiger partial charge in [-0.1, -0.05) is 0 Å². The van der Waals surface area contributed by atoms with Crippen LogP contribution in [-0.4, -0.2) is 55.2 Å². The summed E-state index contributed by atoms with van der Waals surface area (Å²) in [5, 5.41) is 0. The van der Waals surface area contributed by atoms with E-state index in [2.05, 4.69) is 23.3 Å². The summed E-state index contributed by atoms with van der Waals surface area (Å²) in [5.74, 6) is 0.267. The molecule has 0 fully saturated rings. The van der Waals surface area contributed by atoms with Gasteiger partial charge >= 0.3 is 231 Å². The van der Waals surface area contributed by atoms with Crippen molar-refractivity contribution >= 4 is 46.3 Å². The van der Waals surface area contributed by atoms with Gasteiger partial charge in [-0.3, -0.25) is 0 Å². The second-order valence-electron chi connectivity index (χ2n) is 10.0. The van der Waals surface area contributed by atoms with Gasteiger partial charge in [0.2, 0.25) is 0 Å². The van der Waals surface area contributed by atoms with Crippen molar-refractivity contribution in [1.29, 1.82) is 0 Å². The van der Waals surface area contributed by atoms with E-state index in [-0.39, 0.29) is 69.6 Å². The van der Waals surface area contributed by atoms with Crippen LogP contribution in [0.5, 0.6) is 0 Å². The molecule has 0 heterocycles. The van der Waals surface area contributed by atoms with E-state index < -0.39 is 20.0 Å². The third-order valence-corrected chi connectivity index (χ3v) is 19.6. The molecule has 2 rings (SSSR count). The van der Waals surface area contributed by atoms with Crippen molar-refractivity contribution < 1.29 is 16.8 Å². The summed E-state index contributed by atoms with van der Waals surface area (Å²) in [6.07, 6.45) is 0. The van der Waals surface area contributed by atoms with Gasteiger partial charge in [0.15, 0.2) is 0 Å². The van der Waals surface area contributed by atoms with Crippen molar-refractivity contribution in [2.24, 2.45) is 11.8 Å². The molecule has 2 N–H and O–H groups in total. The molecule has 0 aliphatic rings. The predicted molar refractivity (Wildman–Crippen MR) is 151 cm³/mol. The molecule has 0 radical (unpaired) electrons. The molecule has 0 unspecified atom stereocenters. The summed E-state index contributed by atoms with van der Waals surface area (Å²) in [4.78, 5) is 0.897. The van der Waals surface area contributed by atoms with Crippen LogP contribution in [-0.2, 0) is 20.0 Å². The van der Waals surface area contributed by atoms with Crippen LogP contribution in [0.15, 0.2) is 58.3 Å². The van der Waals surface area contributed by atoms with Crippen molar-refractivity contribution in [2.45, 2.75) is 86.9 Å². The van der Waals surface area contributed by atoms with Gasteiger partial charge in [-0.05, 0) is 0 Å². The van der Waals surface area contributed by atoms with Crippen LogP contribution in [0, 0.1) is 25.7 Å². The van der Waals surface area contributed by atoms with E-state index in [1.54, 1.807) is 48.5 Å². The fourth-order valence-corrected chi connectivity index (χ4v) is 16.4. The van der Waals surface area contributed by atoms with E-state index in [1.807, 2.05) is 41.5 Å². The molecule has 10 heteroatoms. The molecule has 0 aliphatic heterocycles. The Kier molecular flexibility index (Phi) is 11.7. The summed E-state index contributed by atoms with van der Waals surface area (Å²) < 4.78 is 58.0. The van der Waals surface area contributed by atoms with E-state index >= 15 is 0 Å². The number of aryl methyl sites for hydroxylation is 2. The van der Waals surface area contributed by atoms with E-state index in [0.29, 0.717) is 0 Å². The molecule has 0 bridgehead atoms. The first-order valence-corrected chi connectivity index (χ1v) is 21.4. The Morgan fingerprint density at radius 2 is 0.833 bits per heavy atom. The first-order valence-electron chi connectivity index (χ1n) is 12.1. The molecular formula is C26H40N2O4S2Se2. The molecule has 0 amide bonds. The number of sulfonamides is 2. The Balaban J connectivity index is 2.09. The number of hydrogen-bond donors (Lipinski definition) is 2. The Labute approximate surface area is 229 Å². The van der Waals surface area contributed by atoms with Gasteiger partial charge < -0.3 is 0 Å². The summed E-state index contributed by atoms with van der Waals surface area (Å²) in [6.45, 7) is 16.2. The maximum absolute atomic E-state index is 13.0. The zero-order valence-electron chi connectivity index (χ0n) is 22.3. The van der Waals surface area contributed by atoms with Gasteiger partial charge in [-0.25, -0.2) is 0 Å². The zero-order chi connectivity index (χ0) is 27.3. The Morgan fingerprint density at radius 3 is 1.08 bits per heavy atom. The summed E-state index contributed by atoms with van der Waals surface area (Å²) >= 11 is 0.333. The zero-order valence-corrected chi connectivity index (χ0v) is 27.4. The fourth-order valence-electron chi connectivity index (χ4n) is 3.77. The maximum atomic E-state index is 13.0. The normalized spacial score (nSPS) is 16.2. The first-order chi connectivity index (χ1) is 16.6. The van der Waals surface area contributed by atoms with Crippen LogP contribution in [0.25, 0.3) is 0 Å². The standard InChI is InChI=1S/C26H40N2O4S2Se2/c1-17(2)25(27-33(29,30)23-13-9-19(5)10-14-23)21(7)35-36-22(8)26(18(3)4)28-34(31,32)24-15-11-20(6)12-16-24/h9-18,21-22,25-28H,1-8H3/t21-,22-,25-,26-/m1/s1. The average Bonchev–Trinajstić information content (AvgIpc) is 2.79. The SMILES string of the molecule is Cc1ccc(S(=O)(=O)N[C@H](C(C)C)[C@@H](C)[Se][Se][C@H](C)[C@H](NS(=O)(=O)c2ccc(C)cc2)C(C)C)cc1. The topological polar surface area (TPSA) is 92.3 Å². The fraction of sp³-hybridized carbons (Fsp3) is 0.538. The van der Waals surface area contributed by atoms with Crippen molar-refractivity contribution in [1.82, 2.24) is 9.44 Å². The van der Waals surface area contributed by atoms with Gasteiger partial charge in [0.1, 0.15) is 0 Å². The number of nitrogens with one attached hydrogen (secondary N) is 2. The molecule has 6 nitrogen and oxygen atoms in total. The second-order valence-corrected chi connectivity index (χ2v) is 21.6. The quantitative estimate of drug-likeness (QED) is 0.307. The molecule has 0 spiro atoms. The molecule has 36 heavy (non-hydrogen) atoms. The second kappa shape index (κ2) is 13.4. The van der Waals surface area contributed by atoms with E-state index in [4.69, 9.17) is 0 Å². The van der Waals surface area contributed by atoms with Crippen LogP contribution in [0.4, 0.5) is 0 Å². The molecule has 202 valence electrons. The van der Waals surface area contributed by atoms with Crippen molar-refractivity contribution in [3.63, 3.8) is 0 Å². The van der Waals surface area contributed by atoms with Crippen LogP contribution in [0.2, 0.25) is 9.63 Å². The number of rotatable bonds is 13. The Morgan fingerprint density at radius 1 is 0.556 bits per heavy atom. The Bertz CT molecular complexity index is 1090. The molecular weight excluding hydrogens is 626 g/mol. The molecule has 0 saturated heterocycles. The van der Waals surface area contributed by atoms with Crippen LogP contribution >= 0.6 is 0 Å². The minimum atomic E-state index is -3.62. The molecule has 2 aromatic rings. The molecule has 0 saturated carbocycles. The van der Waals surface area contributed by atoms with Crippen LogP contribution in [0.1, 0.15) is 52.7 Å². The van der Waals surface area contributed by atoms with Gasteiger partial charge in [0.05, 0.1) is 0 Å². The van der Waals surface area contributed by atoms with Gasteiger partial charge in [0, 0.05) is 0 Å². The number of hydrogen-bond acceptors (Lipinski definition) is 4. The minimum absolute atomic E-state index is 0.133. The van der Waals surface area contributed by atoms with E-state index in [9.17, 15) is 16.8 Å². The Hall–Kier alpha value is -0.701. The summed E-state index contributed by atoms with van der Waals surface area (Å²) in [6, 6.07) is 13.4. The molecule has 2 aromatic carbocycles. The van der Waals surface area contributed by atoms with Crippen molar-refractivity contribution in [2.75, 3.05) is 0 Å². The summed E-state index contributed by atoms with van der Waals surface area (Å²) in [7, 11) is -7.23. The third kappa shape index (κ3) is 8.95. The predicted octanol–water partition coefficient (Wildman–Crippen LogP) is 4.55. The van der Waals surface area contributed by atoms with E-state index in [0.717, 1.165) is 11.1 Å². The molecule has 4 atom stereocenters. The summed E-state index contributed by atoms with van der Waals surface area (Å²) in [5.41, 5.74) is 2.03.